The number of fused-ring (bicyclic) bond motifs is 1. The molecule has 0 heterocycles. The average Bonchev–Trinajstić information content (AvgIpc) is 3.49. The van der Waals surface area contributed by atoms with Crippen LogP contribution in [0.1, 0.15) is 90.9 Å². The van der Waals surface area contributed by atoms with Gasteiger partial charge in [-0.05, 0) is 119 Å². The van der Waals surface area contributed by atoms with Crippen LogP contribution >= 0.6 is 0 Å². The number of nitrogens with one attached hydrogen (secondary N) is 2. The van der Waals surface area contributed by atoms with E-state index in [0.29, 0.717) is 16.8 Å². The van der Waals surface area contributed by atoms with Crippen LogP contribution in [0, 0.1) is 0 Å². The molecule has 262 valence electrons. The molecule has 1 aliphatic carbocycles. The van der Waals surface area contributed by atoms with Crippen molar-refractivity contribution in [3.63, 3.8) is 0 Å². The minimum atomic E-state index is -1.17. The van der Waals surface area contributed by atoms with Crippen LogP contribution in [0.2, 0.25) is 0 Å². The molecule has 3 aromatic rings. The fourth-order valence-electron chi connectivity index (χ4n) is 4.88. The quantitative estimate of drug-likeness (QED) is 0.222. The fraction of sp³-hybridized carbons (Fsp3) is 0.378. The molecule has 0 aliphatic heterocycles. The van der Waals surface area contributed by atoms with Gasteiger partial charge in [0.1, 0.15) is 17.7 Å². The molecular weight excluding hydrogens is 628 g/mol. The predicted molar refractivity (Wildman–Crippen MR) is 185 cm³/mol. The number of alkyl carbamates (subject to hydrolysis) is 2. The normalized spacial score (nSPS) is 12.0. The topological polar surface area (TPSA) is 177 Å². The van der Waals surface area contributed by atoms with Crippen molar-refractivity contribution in [3.8, 4) is 0 Å². The molecular formula is C37H46N4O8. The minimum Gasteiger partial charge on any atom is -0.480 e. The zero-order valence-corrected chi connectivity index (χ0v) is 28.9. The van der Waals surface area contributed by atoms with Gasteiger partial charge in [-0.1, -0.05) is 30.3 Å². The molecule has 0 fully saturated rings. The van der Waals surface area contributed by atoms with Crippen molar-refractivity contribution in [2.45, 2.75) is 85.1 Å². The SMILES string of the molecule is CC(C)(C)OC(=O)NCc1ccc(N(CC(=O)O)C(=O)c2cccc(CNC(=O)OC(C)(C)C)c2)cc1.NC(=O)c1ccc2c(c1)CCC2. The van der Waals surface area contributed by atoms with Crippen molar-refractivity contribution in [2.24, 2.45) is 5.73 Å². The molecule has 0 spiro atoms. The lowest BCUT2D eigenvalue weighted by atomic mass is 10.1. The Bertz CT molecular complexity index is 1660. The van der Waals surface area contributed by atoms with Crippen LogP contribution in [-0.4, -0.2) is 52.8 Å². The number of rotatable bonds is 9. The summed E-state index contributed by atoms with van der Waals surface area (Å²) in [6.07, 6.45) is 2.31. The van der Waals surface area contributed by atoms with E-state index in [1.807, 2.05) is 18.2 Å². The third kappa shape index (κ3) is 13.0. The second-order valence-electron chi connectivity index (χ2n) is 13.6. The van der Waals surface area contributed by atoms with Gasteiger partial charge in [-0.2, -0.15) is 0 Å². The second-order valence-corrected chi connectivity index (χ2v) is 13.6. The van der Waals surface area contributed by atoms with E-state index in [1.54, 1.807) is 90.1 Å². The summed E-state index contributed by atoms with van der Waals surface area (Å²) in [6, 6.07) is 18.9. The smallest absolute Gasteiger partial charge is 0.407 e. The lowest BCUT2D eigenvalue weighted by Gasteiger charge is -2.22. The van der Waals surface area contributed by atoms with Crippen molar-refractivity contribution < 1.29 is 38.6 Å². The number of nitrogens with zero attached hydrogens (tertiary/aromatic N) is 1. The van der Waals surface area contributed by atoms with Gasteiger partial charge < -0.3 is 30.9 Å². The van der Waals surface area contributed by atoms with Gasteiger partial charge >= 0.3 is 18.2 Å². The number of carbonyl (C=O) groups is 5. The number of carboxylic acids is 1. The van der Waals surface area contributed by atoms with Crippen molar-refractivity contribution in [3.05, 3.63) is 100 Å². The lowest BCUT2D eigenvalue weighted by Crippen LogP contribution is -2.36. The summed E-state index contributed by atoms with van der Waals surface area (Å²) in [5.74, 6) is -2.02. The maximum atomic E-state index is 13.3. The first-order valence-corrected chi connectivity index (χ1v) is 16.0. The van der Waals surface area contributed by atoms with Crippen molar-refractivity contribution >= 4 is 35.7 Å². The van der Waals surface area contributed by atoms with Gasteiger partial charge in [0.2, 0.25) is 5.91 Å². The van der Waals surface area contributed by atoms with E-state index in [9.17, 15) is 29.1 Å². The van der Waals surface area contributed by atoms with Gasteiger partial charge in [-0.3, -0.25) is 19.3 Å². The molecule has 4 amide bonds. The molecule has 0 saturated carbocycles. The number of benzene rings is 3. The number of amides is 4. The number of aryl methyl sites for hydroxylation is 2. The number of carbonyl (C=O) groups excluding carboxylic acids is 4. The number of aliphatic carboxylic acids is 1. The number of nitrogens with two attached hydrogens (primary N) is 1. The average molecular weight is 675 g/mol. The molecule has 0 saturated heterocycles. The van der Waals surface area contributed by atoms with Gasteiger partial charge in [0.05, 0.1) is 0 Å². The van der Waals surface area contributed by atoms with Gasteiger partial charge in [0.15, 0.2) is 0 Å². The van der Waals surface area contributed by atoms with Crippen LogP contribution in [0.5, 0.6) is 0 Å². The summed E-state index contributed by atoms with van der Waals surface area (Å²) in [5.41, 5.74) is 9.26. The van der Waals surface area contributed by atoms with Crippen LogP contribution in [0.25, 0.3) is 0 Å². The summed E-state index contributed by atoms with van der Waals surface area (Å²) in [4.78, 5) is 60.6. The zero-order valence-electron chi connectivity index (χ0n) is 28.9. The third-order valence-electron chi connectivity index (χ3n) is 7.01. The van der Waals surface area contributed by atoms with Crippen LogP contribution in [0.4, 0.5) is 15.3 Å². The highest BCUT2D eigenvalue weighted by Crippen LogP contribution is 2.23. The first-order valence-electron chi connectivity index (χ1n) is 16.0. The van der Waals surface area contributed by atoms with E-state index in [2.05, 4.69) is 10.6 Å². The monoisotopic (exact) mass is 674 g/mol. The molecule has 12 heteroatoms. The summed E-state index contributed by atoms with van der Waals surface area (Å²) in [5, 5.41) is 14.7. The predicted octanol–water partition coefficient (Wildman–Crippen LogP) is 5.74. The largest absolute Gasteiger partial charge is 0.480 e. The number of primary amides is 1. The lowest BCUT2D eigenvalue weighted by molar-refractivity contribution is -0.135. The molecule has 49 heavy (non-hydrogen) atoms. The Morgan fingerprint density at radius 1 is 0.735 bits per heavy atom. The molecule has 0 aromatic heterocycles. The molecule has 0 atom stereocenters. The highest BCUT2D eigenvalue weighted by Gasteiger charge is 2.22. The minimum absolute atomic E-state index is 0.133. The van der Waals surface area contributed by atoms with Gasteiger partial charge in [0, 0.05) is 29.9 Å². The van der Waals surface area contributed by atoms with Crippen LogP contribution < -0.4 is 21.3 Å². The highest BCUT2D eigenvalue weighted by molar-refractivity contribution is 6.08. The van der Waals surface area contributed by atoms with Crippen LogP contribution in [0.15, 0.2) is 66.7 Å². The molecule has 4 rings (SSSR count). The summed E-state index contributed by atoms with van der Waals surface area (Å²) in [6.45, 7) is 10.4. The fourth-order valence-corrected chi connectivity index (χ4v) is 4.88. The summed E-state index contributed by atoms with van der Waals surface area (Å²) >= 11 is 0. The summed E-state index contributed by atoms with van der Waals surface area (Å²) < 4.78 is 10.4. The Morgan fingerprint density at radius 2 is 1.31 bits per heavy atom. The van der Waals surface area contributed by atoms with Crippen LogP contribution in [0.3, 0.4) is 0 Å². The first kappa shape index (κ1) is 38.1. The Morgan fingerprint density at radius 3 is 1.86 bits per heavy atom. The van der Waals surface area contributed by atoms with E-state index in [4.69, 9.17) is 15.2 Å². The highest BCUT2D eigenvalue weighted by atomic mass is 16.6. The number of anilines is 1. The van der Waals surface area contributed by atoms with Crippen LogP contribution in [-0.2, 0) is 40.2 Å². The Balaban J connectivity index is 0.000000449. The Hall–Kier alpha value is -5.39. The van der Waals surface area contributed by atoms with Gasteiger partial charge in [-0.15, -0.1) is 0 Å². The van der Waals surface area contributed by atoms with Crippen molar-refractivity contribution in [1.29, 1.82) is 0 Å². The maximum absolute atomic E-state index is 13.3. The van der Waals surface area contributed by atoms with Crippen molar-refractivity contribution in [1.82, 2.24) is 10.6 Å². The number of hydrogen-bond donors (Lipinski definition) is 4. The standard InChI is InChI=1S/C27H35N3O7.C10H11NO/c1-26(2,3)36-24(34)28-15-18-10-12-21(13-11-18)30(17-22(31)32)23(33)20-9-7-8-19(14-20)16-29-25(35)37-27(4,5)6;11-10(12)9-5-4-7-2-1-3-8(7)6-9/h7-14H,15-17H2,1-6H3,(H,28,34)(H,29,35)(H,31,32);4-6H,1-3H2,(H2,11,12). The van der Waals surface area contributed by atoms with E-state index in [-0.39, 0.29) is 24.6 Å². The molecule has 0 unspecified atom stereocenters. The second kappa shape index (κ2) is 16.6. The molecule has 0 radical (unpaired) electrons. The van der Waals surface area contributed by atoms with E-state index >= 15 is 0 Å². The maximum Gasteiger partial charge on any atom is 0.407 e. The Labute approximate surface area is 287 Å². The molecule has 12 nitrogen and oxygen atoms in total. The number of carboxylic acid groups (broad SMARTS) is 1. The number of hydrogen-bond acceptors (Lipinski definition) is 7. The third-order valence-corrected chi connectivity index (χ3v) is 7.01. The zero-order chi connectivity index (χ0) is 36.4. The molecule has 1 aliphatic rings. The van der Waals surface area contributed by atoms with Crippen molar-refractivity contribution in [2.75, 3.05) is 11.4 Å². The van der Waals surface area contributed by atoms with Gasteiger partial charge in [-0.25, -0.2) is 9.59 Å². The molecule has 3 aromatic carbocycles. The number of ether oxygens (including phenoxy) is 2. The summed E-state index contributed by atoms with van der Waals surface area (Å²) in [7, 11) is 0. The Kier molecular flexibility index (Phi) is 12.9. The molecule has 5 N–H and O–H groups in total. The first-order chi connectivity index (χ1) is 22.9. The van der Waals surface area contributed by atoms with E-state index < -0.39 is 41.8 Å². The van der Waals surface area contributed by atoms with Gasteiger partial charge in [0.25, 0.3) is 5.91 Å². The molecule has 0 bridgehead atoms. The van der Waals surface area contributed by atoms with E-state index in [0.717, 1.165) is 23.3 Å². The van der Waals surface area contributed by atoms with E-state index in [1.165, 1.54) is 17.5 Å².